The Bertz CT molecular complexity index is 140. The lowest BCUT2D eigenvalue weighted by molar-refractivity contribution is 0.170. The molecule has 1 aliphatic rings. The summed E-state index contributed by atoms with van der Waals surface area (Å²) in [6, 6.07) is 0.806. The Morgan fingerprint density at radius 2 is 2.00 bits per heavy atom. The first-order valence-corrected chi connectivity index (χ1v) is 6.50. The highest BCUT2D eigenvalue weighted by molar-refractivity contribution is 4.86. The molecule has 1 fully saturated rings. The molecule has 0 amide bonds. The van der Waals surface area contributed by atoms with Crippen molar-refractivity contribution in [3.8, 4) is 0 Å². The molecule has 2 atom stereocenters. The van der Waals surface area contributed by atoms with Crippen LogP contribution in [0.3, 0.4) is 0 Å². The summed E-state index contributed by atoms with van der Waals surface area (Å²) in [6.07, 6.45) is 9.92. The average molecular weight is 197 g/mol. The summed E-state index contributed by atoms with van der Waals surface area (Å²) in [5, 5.41) is 3.56. The van der Waals surface area contributed by atoms with Gasteiger partial charge in [0.25, 0.3) is 0 Å². The summed E-state index contributed by atoms with van der Waals surface area (Å²) in [4.78, 5) is 0. The fourth-order valence-electron chi connectivity index (χ4n) is 2.76. The minimum absolute atomic E-state index is 0.806. The number of hydrogen-bond donors (Lipinski definition) is 1. The monoisotopic (exact) mass is 197 g/mol. The molecule has 1 saturated carbocycles. The molecule has 1 N–H and O–H groups in total. The van der Waals surface area contributed by atoms with Crippen molar-refractivity contribution in [2.24, 2.45) is 11.8 Å². The quantitative estimate of drug-likeness (QED) is 0.657. The second-order valence-electron chi connectivity index (χ2n) is 4.82. The highest BCUT2D eigenvalue weighted by atomic mass is 14.9. The van der Waals surface area contributed by atoms with Gasteiger partial charge in [0.05, 0.1) is 0 Å². The number of unbranched alkanes of at least 4 members (excludes halogenated alkanes) is 1. The van der Waals surface area contributed by atoms with Crippen LogP contribution in [-0.2, 0) is 0 Å². The Labute approximate surface area is 89.7 Å². The molecule has 1 nitrogen and oxygen atoms in total. The second-order valence-corrected chi connectivity index (χ2v) is 4.82. The molecule has 0 aliphatic heterocycles. The van der Waals surface area contributed by atoms with Crippen LogP contribution in [0, 0.1) is 11.8 Å². The van der Waals surface area contributed by atoms with Gasteiger partial charge in [0.1, 0.15) is 0 Å². The van der Waals surface area contributed by atoms with Crippen molar-refractivity contribution in [1.82, 2.24) is 5.32 Å². The zero-order valence-corrected chi connectivity index (χ0v) is 10.2. The molecule has 84 valence electrons. The molecule has 1 rings (SSSR count). The van der Waals surface area contributed by atoms with Crippen molar-refractivity contribution < 1.29 is 0 Å². The van der Waals surface area contributed by atoms with Crippen molar-refractivity contribution in [2.75, 3.05) is 7.05 Å². The lowest BCUT2D eigenvalue weighted by Gasteiger charge is -2.38. The minimum Gasteiger partial charge on any atom is -0.316 e. The van der Waals surface area contributed by atoms with Crippen LogP contribution in [0.5, 0.6) is 0 Å². The molecular weight excluding hydrogens is 170 g/mol. The van der Waals surface area contributed by atoms with Crippen molar-refractivity contribution in [2.45, 2.75) is 64.8 Å². The molecular formula is C13H27N. The third-order valence-electron chi connectivity index (χ3n) is 3.95. The third kappa shape index (κ3) is 2.98. The number of rotatable bonds is 7. The second kappa shape index (κ2) is 6.44. The molecule has 2 unspecified atom stereocenters. The van der Waals surface area contributed by atoms with E-state index in [1.165, 1.54) is 44.9 Å². The van der Waals surface area contributed by atoms with Gasteiger partial charge >= 0.3 is 0 Å². The van der Waals surface area contributed by atoms with Crippen LogP contribution >= 0.6 is 0 Å². The predicted molar refractivity (Wildman–Crippen MR) is 63.5 cm³/mol. The SMILES string of the molecule is CCCCC(CC)C(NC)C1CCC1. The van der Waals surface area contributed by atoms with Crippen molar-refractivity contribution in [3.05, 3.63) is 0 Å². The molecule has 0 heterocycles. The Balaban J connectivity index is 2.37. The van der Waals surface area contributed by atoms with Gasteiger partial charge in [-0.2, -0.15) is 0 Å². The van der Waals surface area contributed by atoms with E-state index in [4.69, 9.17) is 0 Å². The molecule has 14 heavy (non-hydrogen) atoms. The Kier molecular flexibility index (Phi) is 5.54. The Hall–Kier alpha value is -0.0400. The molecule has 0 aromatic rings. The molecule has 1 aliphatic carbocycles. The molecule has 0 saturated heterocycles. The van der Waals surface area contributed by atoms with Crippen LogP contribution < -0.4 is 5.32 Å². The first-order chi connectivity index (χ1) is 6.83. The summed E-state index contributed by atoms with van der Waals surface area (Å²) in [5.41, 5.74) is 0. The first-order valence-electron chi connectivity index (χ1n) is 6.50. The highest BCUT2D eigenvalue weighted by Crippen LogP contribution is 2.35. The summed E-state index contributed by atoms with van der Waals surface area (Å²) in [6.45, 7) is 4.65. The van der Waals surface area contributed by atoms with Gasteiger partial charge in [-0.05, 0) is 38.1 Å². The fraction of sp³-hybridized carbons (Fsp3) is 1.00. The van der Waals surface area contributed by atoms with Gasteiger partial charge in [-0.15, -0.1) is 0 Å². The summed E-state index contributed by atoms with van der Waals surface area (Å²) in [5.74, 6) is 1.91. The van der Waals surface area contributed by atoms with E-state index in [1.54, 1.807) is 0 Å². The van der Waals surface area contributed by atoms with Crippen LogP contribution in [0.25, 0.3) is 0 Å². The van der Waals surface area contributed by atoms with Gasteiger partial charge < -0.3 is 5.32 Å². The zero-order valence-electron chi connectivity index (χ0n) is 10.2. The normalized spacial score (nSPS) is 21.6. The van der Waals surface area contributed by atoms with Gasteiger partial charge in [-0.1, -0.05) is 39.5 Å². The van der Waals surface area contributed by atoms with E-state index >= 15 is 0 Å². The Morgan fingerprint density at radius 1 is 1.29 bits per heavy atom. The van der Waals surface area contributed by atoms with Gasteiger partial charge in [0.2, 0.25) is 0 Å². The maximum Gasteiger partial charge on any atom is 0.0120 e. The van der Waals surface area contributed by atoms with Gasteiger partial charge in [0.15, 0.2) is 0 Å². The van der Waals surface area contributed by atoms with Crippen LogP contribution in [0.15, 0.2) is 0 Å². The van der Waals surface area contributed by atoms with E-state index in [9.17, 15) is 0 Å². The molecule has 0 aromatic carbocycles. The third-order valence-corrected chi connectivity index (χ3v) is 3.95. The average Bonchev–Trinajstić information content (AvgIpc) is 2.14. The minimum atomic E-state index is 0.806. The lowest BCUT2D eigenvalue weighted by atomic mass is 9.73. The summed E-state index contributed by atoms with van der Waals surface area (Å²) < 4.78 is 0. The molecule has 0 spiro atoms. The van der Waals surface area contributed by atoms with Crippen molar-refractivity contribution >= 4 is 0 Å². The van der Waals surface area contributed by atoms with Crippen LogP contribution in [-0.4, -0.2) is 13.1 Å². The van der Waals surface area contributed by atoms with E-state index in [-0.39, 0.29) is 0 Å². The molecule has 0 bridgehead atoms. The van der Waals surface area contributed by atoms with Gasteiger partial charge in [-0.25, -0.2) is 0 Å². The van der Waals surface area contributed by atoms with Crippen LogP contribution in [0.4, 0.5) is 0 Å². The molecule has 0 aromatic heterocycles. The lowest BCUT2D eigenvalue weighted by Crippen LogP contribution is -2.43. The van der Waals surface area contributed by atoms with E-state index in [0.717, 1.165) is 17.9 Å². The van der Waals surface area contributed by atoms with Crippen molar-refractivity contribution in [3.63, 3.8) is 0 Å². The van der Waals surface area contributed by atoms with Gasteiger partial charge in [-0.3, -0.25) is 0 Å². The van der Waals surface area contributed by atoms with E-state index in [2.05, 4.69) is 26.2 Å². The fourth-order valence-corrected chi connectivity index (χ4v) is 2.76. The first kappa shape index (κ1) is 12.0. The summed E-state index contributed by atoms with van der Waals surface area (Å²) >= 11 is 0. The molecule has 0 radical (unpaired) electrons. The van der Waals surface area contributed by atoms with E-state index < -0.39 is 0 Å². The predicted octanol–water partition coefficient (Wildman–Crippen LogP) is 3.59. The van der Waals surface area contributed by atoms with Crippen LogP contribution in [0.2, 0.25) is 0 Å². The summed E-state index contributed by atoms with van der Waals surface area (Å²) in [7, 11) is 2.15. The standard InChI is InChI=1S/C13H27N/c1-4-6-8-11(5-2)13(14-3)12-9-7-10-12/h11-14H,4-10H2,1-3H3. The molecule has 1 heteroatoms. The van der Waals surface area contributed by atoms with Crippen LogP contribution in [0.1, 0.15) is 58.8 Å². The smallest absolute Gasteiger partial charge is 0.0120 e. The largest absolute Gasteiger partial charge is 0.316 e. The topological polar surface area (TPSA) is 12.0 Å². The van der Waals surface area contributed by atoms with E-state index in [1.807, 2.05) is 0 Å². The number of hydrogen-bond acceptors (Lipinski definition) is 1. The van der Waals surface area contributed by atoms with E-state index in [0.29, 0.717) is 0 Å². The van der Waals surface area contributed by atoms with Crippen molar-refractivity contribution in [1.29, 1.82) is 0 Å². The highest BCUT2D eigenvalue weighted by Gasteiger charge is 2.30. The zero-order chi connectivity index (χ0) is 10.4. The maximum atomic E-state index is 3.56. The Morgan fingerprint density at radius 3 is 2.36 bits per heavy atom. The van der Waals surface area contributed by atoms with Gasteiger partial charge in [0, 0.05) is 6.04 Å². The maximum absolute atomic E-state index is 3.56. The number of nitrogens with one attached hydrogen (secondary N) is 1.